The molecule has 0 spiro atoms. The zero-order valence-corrected chi connectivity index (χ0v) is 7.74. The molecule has 0 saturated carbocycles. The van der Waals surface area contributed by atoms with Gasteiger partial charge < -0.3 is 10.2 Å². The summed E-state index contributed by atoms with van der Waals surface area (Å²) in [6.45, 7) is 1.39. The summed E-state index contributed by atoms with van der Waals surface area (Å²) in [6.07, 6.45) is -2.13. The number of rotatable bonds is 3. The van der Waals surface area contributed by atoms with Crippen LogP contribution in [0.25, 0.3) is 0 Å². The van der Waals surface area contributed by atoms with Crippen molar-refractivity contribution in [2.45, 2.75) is 25.6 Å². The van der Waals surface area contributed by atoms with Gasteiger partial charge in [-0.15, -0.1) is 0 Å². The molecule has 2 N–H and O–H groups in total. The molecule has 0 bridgehead atoms. The van der Waals surface area contributed by atoms with Crippen LogP contribution in [0.4, 0.5) is 8.78 Å². The fourth-order valence-corrected chi connectivity index (χ4v) is 1.10. The van der Waals surface area contributed by atoms with Gasteiger partial charge in [-0.1, -0.05) is 0 Å². The zero-order chi connectivity index (χ0) is 10.7. The second-order valence-electron chi connectivity index (χ2n) is 3.25. The molecule has 0 aliphatic rings. The predicted octanol–water partition coefficient (Wildman–Crippen LogP) is 1.25. The van der Waals surface area contributed by atoms with Gasteiger partial charge in [0.1, 0.15) is 11.6 Å². The molecule has 78 valence electrons. The Morgan fingerprint density at radius 2 is 1.93 bits per heavy atom. The fourth-order valence-electron chi connectivity index (χ4n) is 1.10. The van der Waals surface area contributed by atoms with E-state index in [9.17, 15) is 13.9 Å². The van der Waals surface area contributed by atoms with Crippen LogP contribution in [0.1, 0.15) is 12.5 Å². The summed E-state index contributed by atoms with van der Waals surface area (Å²) in [4.78, 5) is 0. The van der Waals surface area contributed by atoms with E-state index >= 15 is 0 Å². The third-order valence-corrected chi connectivity index (χ3v) is 1.99. The van der Waals surface area contributed by atoms with E-state index in [-0.39, 0.29) is 12.0 Å². The minimum absolute atomic E-state index is 0.0680. The normalized spacial score (nSPS) is 15.2. The van der Waals surface area contributed by atoms with Gasteiger partial charge in [-0.05, 0) is 30.7 Å². The molecule has 14 heavy (non-hydrogen) atoms. The summed E-state index contributed by atoms with van der Waals surface area (Å²) in [5.74, 6) is -1.13. The first-order valence-electron chi connectivity index (χ1n) is 4.30. The van der Waals surface area contributed by atoms with Gasteiger partial charge in [-0.25, -0.2) is 8.78 Å². The first kappa shape index (κ1) is 11.1. The number of halogens is 2. The number of hydrogen-bond donors (Lipinski definition) is 2. The lowest BCUT2D eigenvalue weighted by atomic mass is 10.0. The summed E-state index contributed by atoms with van der Waals surface area (Å²) in [5, 5.41) is 18.2. The molecule has 1 aromatic rings. The standard InChI is InChI=1S/C10H12F2O2/c1-6(13)10(14)5-7-4-8(11)2-3-9(7)12/h2-4,6,10,13-14H,5H2,1H3. The van der Waals surface area contributed by atoms with E-state index < -0.39 is 23.8 Å². The summed E-state index contributed by atoms with van der Waals surface area (Å²) < 4.78 is 25.7. The molecule has 0 amide bonds. The first-order chi connectivity index (χ1) is 6.50. The topological polar surface area (TPSA) is 40.5 Å². The molecule has 1 aromatic carbocycles. The van der Waals surface area contributed by atoms with Crippen molar-refractivity contribution in [3.63, 3.8) is 0 Å². The lowest BCUT2D eigenvalue weighted by molar-refractivity contribution is 0.0314. The molecular weight excluding hydrogens is 190 g/mol. The van der Waals surface area contributed by atoms with Crippen LogP contribution >= 0.6 is 0 Å². The van der Waals surface area contributed by atoms with Crippen molar-refractivity contribution in [3.8, 4) is 0 Å². The highest BCUT2D eigenvalue weighted by Gasteiger charge is 2.14. The smallest absolute Gasteiger partial charge is 0.126 e. The molecule has 4 heteroatoms. The Labute approximate surface area is 80.8 Å². The molecule has 0 saturated heterocycles. The van der Waals surface area contributed by atoms with Gasteiger partial charge in [-0.2, -0.15) is 0 Å². The van der Waals surface area contributed by atoms with E-state index in [1.54, 1.807) is 0 Å². The third kappa shape index (κ3) is 2.75. The summed E-state index contributed by atoms with van der Waals surface area (Å²) >= 11 is 0. The molecule has 2 atom stereocenters. The highest BCUT2D eigenvalue weighted by molar-refractivity contribution is 5.19. The van der Waals surface area contributed by atoms with E-state index in [2.05, 4.69) is 0 Å². The van der Waals surface area contributed by atoms with Crippen molar-refractivity contribution in [1.82, 2.24) is 0 Å². The van der Waals surface area contributed by atoms with Crippen molar-refractivity contribution in [1.29, 1.82) is 0 Å². The molecule has 0 aliphatic carbocycles. The van der Waals surface area contributed by atoms with E-state index in [0.29, 0.717) is 0 Å². The first-order valence-corrected chi connectivity index (χ1v) is 4.30. The maximum Gasteiger partial charge on any atom is 0.126 e. The molecule has 0 aromatic heterocycles. The van der Waals surface area contributed by atoms with Crippen molar-refractivity contribution in [2.24, 2.45) is 0 Å². The highest BCUT2D eigenvalue weighted by Crippen LogP contribution is 2.13. The van der Waals surface area contributed by atoms with Gasteiger partial charge in [0.05, 0.1) is 12.2 Å². The van der Waals surface area contributed by atoms with E-state index in [4.69, 9.17) is 5.11 Å². The fraction of sp³-hybridized carbons (Fsp3) is 0.400. The van der Waals surface area contributed by atoms with Crippen molar-refractivity contribution < 1.29 is 19.0 Å². The molecular formula is C10H12F2O2. The average molecular weight is 202 g/mol. The van der Waals surface area contributed by atoms with Gasteiger partial charge >= 0.3 is 0 Å². The van der Waals surface area contributed by atoms with E-state index in [1.807, 2.05) is 0 Å². The number of aliphatic hydroxyl groups is 2. The lowest BCUT2D eigenvalue weighted by Crippen LogP contribution is -2.25. The van der Waals surface area contributed by atoms with Crippen molar-refractivity contribution in [3.05, 3.63) is 35.4 Å². The molecule has 2 nitrogen and oxygen atoms in total. The van der Waals surface area contributed by atoms with Crippen LogP contribution in [-0.2, 0) is 6.42 Å². The molecule has 2 unspecified atom stereocenters. The number of benzene rings is 1. The van der Waals surface area contributed by atoms with Crippen LogP contribution in [0.15, 0.2) is 18.2 Å². The number of hydrogen-bond acceptors (Lipinski definition) is 2. The van der Waals surface area contributed by atoms with Crippen LogP contribution in [0, 0.1) is 11.6 Å². The second-order valence-corrected chi connectivity index (χ2v) is 3.25. The van der Waals surface area contributed by atoms with Crippen LogP contribution in [-0.4, -0.2) is 22.4 Å². The molecule has 0 fully saturated rings. The number of aliphatic hydroxyl groups excluding tert-OH is 2. The monoisotopic (exact) mass is 202 g/mol. The zero-order valence-electron chi connectivity index (χ0n) is 7.74. The van der Waals surface area contributed by atoms with E-state index in [0.717, 1.165) is 18.2 Å². The molecule has 0 aliphatic heterocycles. The third-order valence-electron chi connectivity index (χ3n) is 1.99. The molecule has 0 heterocycles. The van der Waals surface area contributed by atoms with E-state index in [1.165, 1.54) is 6.92 Å². The van der Waals surface area contributed by atoms with Gasteiger partial charge in [0.25, 0.3) is 0 Å². The summed E-state index contributed by atoms with van der Waals surface area (Å²) in [5.41, 5.74) is 0.0680. The predicted molar refractivity (Wildman–Crippen MR) is 47.7 cm³/mol. The Balaban J connectivity index is 2.80. The average Bonchev–Trinajstić information content (AvgIpc) is 2.11. The molecule has 1 rings (SSSR count). The van der Waals surface area contributed by atoms with Gasteiger partial charge in [0.2, 0.25) is 0 Å². The SMILES string of the molecule is CC(O)C(O)Cc1cc(F)ccc1F. The Morgan fingerprint density at radius 1 is 1.29 bits per heavy atom. The maximum absolute atomic E-state index is 13.0. The Bertz CT molecular complexity index is 313. The Morgan fingerprint density at radius 3 is 2.50 bits per heavy atom. The minimum atomic E-state index is -1.08. The van der Waals surface area contributed by atoms with Crippen molar-refractivity contribution in [2.75, 3.05) is 0 Å². The summed E-state index contributed by atoms with van der Waals surface area (Å²) in [7, 11) is 0. The van der Waals surface area contributed by atoms with Gasteiger partial charge in [-0.3, -0.25) is 0 Å². The van der Waals surface area contributed by atoms with Crippen LogP contribution < -0.4 is 0 Å². The highest BCUT2D eigenvalue weighted by atomic mass is 19.1. The second kappa shape index (κ2) is 4.48. The maximum atomic E-state index is 13.0. The van der Waals surface area contributed by atoms with Gasteiger partial charge in [0.15, 0.2) is 0 Å². The Kier molecular flexibility index (Phi) is 3.55. The summed E-state index contributed by atoms with van der Waals surface area (Å²) in [6, 6.07) is 3.02. The minimum Gasteiger partial charge on any atom is -0.391 e. The van der Waals surface area contributed by atoms with Crippen LogP contribution in [0.2, 0.25) is 0 Å². The molecule has 0 radical (unpaired) electrons. The van der Waals surface area contributed by atoms with Gasteiger partial charge in [0, 0.05) is 6.42 Å². The van der Waals surface area contributed by atoms with Crippen molar-refractivity contribution >= 4 is 0 Å². The van der Waals surface area contributed by atoms with Crippen LogP contribution in [0.3, 0.4) is 0 Å². The Hall–Kier alpha value is -1.00. The lowest BCUT2D eigenvalue weighted by Gasteiger charge is -2.13. The quantitative estimate of drug-likeness (QED) is 0.774. The largest absolute Gasteiger partial charge is 0.391 e. The van der Waals surface area contributed by atoms with Crippen LogP contribution in [0.5, 0.6) is 0 Å².